The van der Waals surface area contributed by atoms with Gasteiger partial charge in [-0.2, -0.15) is 0 Å². The summed E-state index contributed by atoms with van der Waals surface area (Å²) >= 11 is 0. The smallest absolute Gasteiger partial charge is 0.154 e. The number of fused-ring (bicyclic) bond motifs is 10. The molecule has 3 aromatic heterocycles. The zero-order valence-electron chi connectivity index (χ0n) is 24.0. The molecule has 218 valence electrons. The molecule has 0 radical (unpaired) electrons. The van der Waals surface area contributed by atoms with Crippen molar-refractivity contribution < 1.29 is 38.6 Å². The minimum atomic E-state index is -1.47. The Morgan fingerprint density at radius 2 is 1.12 bits per heavy atom. The molecular weight excluding hydrogens is 713 g/mol. The second kappa shape index (κ2) is 10.5. The number of pyridine rings is 3. The van der Waals surface area contributed by atoms with Gasteiger partial charge in [0, 0.05) is 94.9 Å². The Hall–Kier alpha value is -3.32. The summed E-state index contributed by atoms with van der Waals surface area (Å²) in [7, 11) is 7.38. The molecule has 4 aromatic rings. The van der Waals surface area contributed by atoms with E-state index in [2.05, 4.69) is 11.1 Å². The van der Waals surface area contributed by atoms with E-state index in [0.717, 1.165) is 17.8 Å². The van der Waals surface area contributed by atoms with Crippen LogP contribution < -0.4 is 9.80 Å². The summed E-state index contributed by atoms with van der Waals surface area (Å²) in [6.45, 7) is 6.90. The molecule has 0 atom stereocenters. The molecule has 0 aliphatic carbocycles. The van der Waals surface area contributed by atoms with Crippen LogP contribution in [0.2, 0.25) is 0 Å². The van der Waals surface area contributed by atoms with Gasteiger partial charge in [-0.05, 0) is 37.7 Å². The predicted octanol–water partition coefficient (Wildman–Crippen LogP) is 6.66. The minimum Gasteiger partial charge on any atom is -0.378 e. The minimum absolute atomic E-state index is 0. The molecule has 1 aliphatic rings. The molecule has 0 amide bonds. The number of rotatable bonds is 2. The van der Waals surface area contributed by atoms with Crippen molar-refractivity contribution in [3.05, 3.63) is 88.4 Å². The van der Waals surface area contributed by atoms with Crippen LogP contribution in [0.4, 0.5) is 28.9 Å². The largest absolute Gasteiger partial charge is 0.378 e. The predicted molar refractivity (Wildman–Crippen MR) is 149 cm³/mol. The first-order chi connectivity index (χ1) is 18.6. The fourth-order valence-corrected chi connectivity index (χ4v) is 4.91. The van der Waals surface area contributed by atoms with Crippen LogP contribution in [0, 0.1) is 29.3 Å². The molecule has 5 rings (SSSR count). The van der Waals surface area contributed by atoms with Crippen molar-refractivity contribution >= 4 is 11.4 Å². The van der Waals surface area contributed by atoms with Crippen molar-refractivity contribution in [3.63, 3.8) is 0 Å². The van der Waals surface area contributed by atoms with Crippen LogP contribution in [0.15, 0.2) is 36.4 Å². The third-order valence-corrected chi connectivity index (χ3v) is 7.56. The molecule has 0 spiro atoms. The second-order valence-electron chi connectivity index (χ2n) is 11.6. The molecule has 0 saturated carbocycles. The Morgan fingerprint density at radius 3 is 1.68 bits per heavy atom. The van der Waals surface area contributed by atoms with Gasteiger partial charge in [0.2, 0.25) is 0 Å². The average Bonchev–Trinajstić information content (AvgIpc) is 2.87. The number of anilines is 2. The maximum absolute atomic E-state index is 15.4. The molecule has 0 fully saturated rings. The van der Waals surface area contributed by atoms with Gasteiger partial charge in [0.1, 0.15) is 11.5 Å². The SMILES string of the molecule is CN(C)c1cc2nc(c1)C(C)(C)c1cc(N(C)C)cc(n1)-c1nc(c(F)cc1F)C(C)(C)c1[c-]c-2c(F)cc1F.[Pt]. The number of benzene rings is 1. The van der Waals surface area contributed by atoms with E-state index in [4.69, 9.17) is 9.97 Å². The summed E-state index contributed by atoms with van der Waals surface area (Å²) in [5, 5.41) is 0. The maximum Gasteiger partial charge on any atom is 0.154 e. The fraction of sp³-hybridized carbons (Fsp3) is 0.323. The van der Waals surface area contributed by atoms with Gasteiger partial charge in [-0.3, -0.25) is 8.78 Å². The monoisotopic (exact) mass is 743 g/mol. The number of hydrogen-bond acceptors (Lipinski definition) is 5. The Bertz CT molecular complexity index is 1550. The standard InChI is InChI=1S/C31H30F4N5.Pt/c1-30(2)19-13-18(20(32)14-21(19)33)24-9-16(39(5)6)11-26(36-24)31(3,4)27-12-17(40(7)8)10-25(37-27)28-22(34)15-23(35)29(30)38-28;/h9-12,14-15H,1-8H3;/q-1;. The fourth-order valence-electron chi connectivity index (χ4n) is 4.91. The van der Waals surface area contributed by atoms with E-state index in [0.29, 0.717) is 17.1 Å². The maximum atomic E-state index is 15.4. The van der Waals surface area contributed by atoms with Crippen LogP contribution in [0.1, 0.15) is 50.3 Å². The molecule has 41 heavy (non-hydrogen) atoms. The normalized spacial score (nSPS) is 14.5. The topological polar surface area (TPSA) is 45.2 Å². The molecule has 4 heterocycles. The number of aromatic nitrogens is 3. The van der Waals surface area contributed by atoms with Crippen LogP contribution in [0.25, 0.3) is 22.6 Å². The summed E-state index contributed by atoms with van der Waals surface area (Å²) in [5.41, 5.74) is 0.0595. The van der Waals surface area contributed by atoms with E-state index in [-0.39, 0.29) is 55.0 Å². The Balaban J connectivity index is 0.00000387. The van der Waals surface area contributed by atoms with Crippen molar-refractivity contribution in [3.8, 4) is 22.6 Å². The first-order valence-electron chi connectivity index (χ1n) is 12.8. The van der Waals surface area contributed by atoms with Gasteiger partial charge in [0.15, 0.2) is 5.82 Å². The molecule has 5 nitrogen and oxygen atoms in total. The van der Waals surface area contributed by atoms with Gasteiger partial charge in [0.25, 0.3) is 0 Å². The molecule has 0 unspecified atom stereocenters. The second-order valence-corrected chi connectivity index (χ2v) is 11.6. The van der Waals surface area contributed by atoms with E-state index in [1.165, 1.54) is 13.8 Å². The first-order valence-corrected chi connectivity index (χ1v) is 12.8. The Morgan fingerprint density at radius 1 is 0.610 bits per heavy atom. The first kappa shape index (κ1) is 30.6. The molecule has 0 saturated heterocycles. The van der Waals surface area contributed by atoms with E-state index in [1.807, 2.05) is 64.0 Å². The summed E-state index contributed by atoms with van der Waals surface area (Å²) in [5.74, 6) is -3.66. The molecule has 1 aliphatic heterocycles. The third kappa shape index (κ3) is 5.14. The van der Waals surface area contributed by atoms with Crippen LogP contribution >= 0.6 is 0 Å². The van der Waals surface area contributed by atoms with E-state index in [1.54, 1.807) is 12.1 Å². The average molecular weight is 744 g/mol. The molecular formula is C31H30F4N5Pt-. The number of nitrogens with zero attached hydrogens (tertiary/aromatic N) is 5. The molecule has 0 N–H and O–H groups in total. The van der Waals surface area contributed by atoms with Gasteiger partial charge in [-0.15, -0.1) is 6.07 Å². The zero-order valence-corrected chi connectivity index (χ0v) is 26.3. The van der Waals surface area contributed by atoms with Crippen molar-refractivity contribution in [2.24, 2.45) is 0 Å². The number of halogens is 4. The summed E-state index contributed by atoms with van der Waals surface area (Å²) in [6, 6.07) is 11.4. The van der Waals surface area contributed by atoms with Gasteiger partial charge in [-0.25, -0.2) is 18.7 Å². The van der Waals surface area contributed by atoms with Gasteiger partial charge < -0.3 is 14.8 Å². The van der Waals surface area contributed by atoms with Crippen LogP contribution in [0.5, 0.6) is 0 Å². The van der Waals surface area contributed by atoms with Crippen LogP contribution in [-0.2, 0) is 31.9 Å². The Labute approximate surface area is 251 Å². The van der Waals surface area contributed by atoms with Crippen molar-refractivity contribution in [1.82, 2.24) is 15.0 Å². The van der Waals surface area contributed by atoms with Crippen molar-refractivity contribution in [2.75, 3.05) is 38.0 Å². The number of hydrogen-bond donors (Lipinski definition) is 0. The van der Waals surface area contributed by atoms with Gasteiger partial charge in [0.05, 0.1) is 17.1 Å². The molecule has 1 aromatic carbocycles. The van der Waals surface area contributed by atoms with Crippen LogP contribution in [-0.4, -0.2) is 43.1 Å². The van der Waals surface area contributed by atoms with Gasteiger partial charge in [-0.1, -0.05) is 37.1 Å². The summed E-state index contributed by atoms with van der Waals surface area (Å²) < 4.78 is 61.5. The van der Waals surface area contributed by atoms with E-state index in [9.17, 15) is 0 Å². The van der Waals surface area contributed by atoms with E-state index >= 15 is 17.6 Å². The Kier molecular flexibility index (Phi) is 7.85. The quantitative estimate of drug-likeness (QED) is 0.170. The van der Waals surface area contributed by atoms with Gasteiger partial charge >= 0.3 is 0 Å². The van der Waals surface area contributed by atoms with Crippen LogP contribution in [0.3, 0.4) is 0 Å². The summed E-state index contributed by atoms with van der Waals surface area (Å²) in [4.78, 5) is 17.7. The third-order valence-electron chi connectivity index (χ3n) is 7.56. The summed E-state index contributed by atoms with van der Waals surface area (Å²) in [6.07, 6.45) is 0. The van der Waals surface area contributed by atoms with Crippen molar-refractivity contribution in [2.45, 2.75) is 38.5 Å². The molecule has 10 heteroatoms. The zero-order chi connectivity index (χ0) is 29.3. The van der Waals surface area contributed by atoms with E-state index < -0.39 is 34.1 Å². The molecule has 8 bridgehead atoms. The van der Waals surface area contributed by atoms with Crippen molar-refractivity contribution in [1.29, 1.82) is 0 Å².